The van der Waals surface area contributed by atoms with E-state index in [1.807, 2.05) is 4.90 Å². The molecule has 0 unspecified atom stereocenters. The Morgan fingerprint density at radius 3 is 3.06 bits per heavy atom. The molecule has 0 radical (unpaired) electrons. The second kappa shape index (κ2) is 6.11. The smallest absolute Gasteiger partial charge is 0.270 e. The molecular formula is C12H16N4O2. The van der Waals surface area contributed by atoms with E-state index in [4.69, 9.17) is 4.74 Å². The van der Waals surface area contributed by atoms with Gasteiger partial charge in [-0.25, -0.2) is 9.97 Å². The first-order valence-electron chi connectivity index (χ1n) is 5.86. The monoisotopic (exact) mass is 248 g/mol. The highest BCUT2D eigenvalue weighted by molar-refractivity contribution is 5.92. The molecular weight excluding hydrogens is 232 g/mol. The van der Waals surface area contributed by atoms with Crippen LogP contribution in [0, 0.1) is 0 Å². The molecule has 1 aliphatic heterocycles. The van der Waals surface area contributed by atoms with Crippen molar-refractivity contribution >= 4 is 11.9 Å². The molecule has 0 aromatic carbocycles. The first kappa shape index (κ1) is 12.5. The fraction of sp³-hybridized carbons (Fsp3) is 0.417. The molecule has 96 valence electrons. The van der Waals surface area contributed by atoms with Gasteiger partial charge in [-0.1, -0.05) is 6.08 Å². The summed E-state index contributed by atoms with van der Waals surface area (Å²) in [4.78, 5) is 22.2. The van der Waals surface area contributed by atoms with Crippen LogP contribution in [0.25, 0.3) is 0 Å². The van der Waals surface area contributed by atoms with Gasteiger partial charge in [0.2, 0.25) is 5.95 Å². The number of anilines is 1. The Hall–Kier alpha value is -1.95. The summed E-state index contributed by atoms with van der Waals surface area (Å²) in [6, 6.07) is 1.60. The highest BCUT2D eigenvalue weighted by atomic mass is 16.5. The summed E-state index contributed by atoms with van der Waals surface area (Å²) in [5, 5.41) is 2.69. The Labute approximate surface area is 106 Å². The third-order valence-corrected chi connectivity index (χ3v) is 2.58. The van der Waals surface area contributed by atoms with Crippen LogP contribution in [0.15, 0.2) is 24.9 Å². The first-order valence-corrected chi connectivity index (χ1v) is 5.86. The maximum absolute atomic E-state index is 11.7. The number of ether oxygens (including phenoxy) is 1. The van der Waals surface area contributed by atoms with Gasteiger partial charge in [0.25, 0.3) is 5.91 Å². The lowest BCUT2D eigenvalue weighted by molar-refractivity contribution is 0.0952. The van der Waals surface area contributed by atoms with Crippen LogP contribution < -0.4 is 10.2 Å². The molecule has 0 aliphatic carbocycles. The standard InChI is InChI=1S/C12H16N4O2/c1-2-4-13-11(17)10-3-5-14-12(15-10)16-6-8-18-9-7-16/h2-3,5H,1,4,6-9H2,(H,13,17). The van der Waals surface area contributed by atoms with E-state index in [0.29, 0.717) is 31.4 Å². The lowest BCUT2D eigenvalue weighted by Gasteiger charge is -2.26. The molecule has 1 N–H and O–H groups in total. The Kier molecular flexibility index (Phi) is 4.25. The molecule has 6 nitrogen and oxygen atoms in total. The molecule has 1 aromatic heterocycles. The number of aromatic nitrogens is 2. The van der Waals surface area contributed by atoms with Gasteiger partial charge in [-0.05, 0) is 6.07 Å². The van der Waals surface area contributed by atoms with Crippen LogP contribution in [0.3, 0.4) is 0 Å². The molecule has 1 aromatic rings. The number of amides is 1. The van der Waals surface area contributed by atoms with Crippen LogP contribution in [0.1, 0.15) is 10.5 Å². The van der Waals surface area contributed by atoms with E-state index in [2.05, 4.69) is 21.9 Å². The Balaban J connectivity index is 2.08. The predicted octanol–water partition coefficient (Wildman–Crippen LogP) is 0.229. The Bertz CT molecular complexity index is 430. The maximum Gasteiger partial charge on any atom is 0.270 e. The molecule has 1 fully saturated rings. The summed E-state index contributed by atoms with van der Waals surface area (Å²) in [5.74, 6) is 0.358. The Morgan fingerprint density at radius 1 is 1.56 bits per heavy atom. The van der Waals surface area contributed by atoms with Gasteiger partial charge < -0.3 is 15.0 Å². The Morgan fingerprint density at radius 2 is 2.33 bits per heavy atom. The van der Waals surface area contributed by atoms with Crippen molar-refractivity contribution in [1.82, 2.24) is 15.3 Å². The zero-order valence-electron chi connectivity index (χ0n) is 10.1. The van der Waals surface area contributed by atoms with Crippen molar-refractivity contribution in [3.8, 4) is 0 Å². The molecule has 1 aliphatic rings. The molecule has 0 bridgehead atoms. The number of nitrogens with one attached hydrogen (secondary N) is 1. The second-order valence-corrected chi connectivity index (χ2v) is 3.84. The molecule has 1 amide bonds. The van der Waals surface area contributed by atoms with Gasteiger partial charge in [-0.2, -0.15) is 0 Å². The number of carbonyl (C=O) groups is 1. The van der Waals surface area contributed by atoms with Crippen LogP contribution >= 0.6 is 0 Å². The summed E-state index contributed by atoms with van der Waals surface area (Å²) < 4.78 is 5.26. The number of hydrogen-bond acceptors (Lipinski definition) is 5. The predicted molar refractivity (Wildman–Crippen MR) is 67.6 cm³/mol. The molecule has 1 saturated heterocycles. The molecule has 2 heterocycles. The van der Waals surface area contributed by atoms with Gasteiger partial charge in [0, 0.05) is 25.8 Å². The average Bonchev–Trinajstić information content (AvgIpc) is 2.46. The zero-order chi connectivity index (χ0) is 12.8. The fourth-order valence-corrected chi connectivity index (χ4v) is 1.65. The lowest BCUT2D eigenvalue weighted by Crippen LogP contribution is -2.37. The van der Waals surface area contributed by atoms with Gasteiger partial charge in [0.05, 0.1) is 13.2 Å². The van der Waals surface area contributed by atoms with Crippen molar-refractivity contribution < 1.29 is 9.53 Å². The van der Waals surface area contributed by atoms with E-state index in [-0.39, 0.29) is 5.91 Å². The van der Waals surface area contributed by atoms with Gasteiger partial charge in [-0.3, -0.25) is 4.79 Å². The van der Waals surface area contributed by atoms with Gasteiger partial charge in [-0.15, -0.1) is 6.58 Å². The summed E-state index contributed by atoms with van der Waals surface area (Å²) >= 11 is 0. The summed E-state index contributed by atoms with van der Waals surface area (Å²) in [6.45, 7) is 6.80. The van der Waals surface area contributed by atoms with Crippen molar-refractivity contribution in [2.24, 2.45) is 0 Å². The van der Waals surface area contributed by atoms with Crippen LogP contribution in [0.2, 0.25) is 0 Å². The number of rotatable bonds is 4. The number of hydrogen-bond donors (Lipinski definition) is 1. The molecule has 2 rings (SSSR count). The third-order valence-electron chi connectivity index (χ3n) is 2.58. The van der Waals surface area contributed by atoms with Crippen LogP contribution in [-0.4, -0.2) is 48.7 Å². The molecule has 0 atom stereocenters. The largest absolute Gasteiger partial charge is 0.378 e. The lowest BCUT2D eigenvalue weighted by atomic mass is 10.3. The normalized spacial score (nSPS) is 15.2. The fourth-order valence-electron chi connectivity index (χ4n) is 1.65. The van der Waals surface area contributed by atoms with Crippen LogP contribution in [-0.2, 0) is 4.74 Å². The van der Waals surface area contributed by atoms with E-state index in [9.17, 15) is 4.79 Å². The quantitative estimate of drug-likeness (QED) is 0.773. The number of carbonyl (C=O) groups excluding carboxylic acids is 1. The maximum atomic E-state index is 11.7. The van der Waals surface area contributed by atoms with E-state index in [1.165, 1.54) is 0 Å². The van der Waals surface area contributed by atoms with Crippen LogP contribution in [0.5, 0.6) is 0 Å². The number of nitrogens with zero attached hydrogens (tertiary/aromatic N) is 3. The van der Waals surface area contributed by atoms with Crippen molar-refractivity contribution in [1.29, 1.82) is 0 Å². The van der Waals surface area contributed by atoms with E-state index in [1.54, 1.807) is 18.3 Å². The molecule has 0 spiro atoms. The van der Waals surface area contributed by atoms with Crippen LogP contribution in [0.4, 0.5) is 5.95 Å². The van der Waals surface area contributed by atoms with Gasteiger partial charge in [0.1, 0.15) is 5.69 Å². The van der Waals surface area contributed by atoms with Gasteiger partial charge in [0.15, 0.2) is 0 Å². The number of morpholine rings is 1. The third kappa shape index (κ3) is 3.04. The molecule has 6 heteroatoms. The summed E-state index contributed by atoms with van der Waals surface area (Å²) in [5.41, 5.74) is 0.369. The van der Waals surface area contributed by atoms with Gasteiger partial charge >= 0.3 is 0 Å². The highest BCUT2D eigenvalue weighted by Gasteiger charge is 2.15. The van der Waals surface area contributed by atoms with Crippen molar-refractivity contribution in [3.05, 3.63) is 30.6 Å². The van der Waals surface area contributed by atoms with E-state index >= 15 is 0 Å². The molecule has 0 saturated carbocycles. The second-order valence-electron chi connectivity index (χ2n) is 3.84. The zero-order valence-corrected chi connectivity index (χ0v) is 10.1. The van der Waals surface area contributed by atoms with Crippen molar-refractivity contribution in [2.75, 3.05) is 37.7 Å². The van der Waals surface area contributed by atoms with E-state index in [0.717, 1.165) is 13.1 Å². The molecule has 18 heavy (non-hydrogen) atoms. The van der Waals surface area contributed by atoms with E-state index < -0.39 is 0 Å². The average molecular weight is 248 g/mol. The minimum atomic E-state index is -0.216. The van der Waals surface area contributed by atoms with Crippen molar-refractivity contribution in [2.45, 2.75) is 0 Å². The SMILES string of the molecule is C=CCNC(=O)c1ccnc(N2CCOCC2)n1. The minimum Gasteiger partial charge on any atom is -0.378 e. The topological polar surface area (TPSA) is 67.4 Å². The summed E-state index contributed by atoms with van der Waals surface area (Å²) in [6.07, 6.45) is 3.22. The summed E-state index contributed by atoms with van der Waals surface area (Å²) in [7, 11) is 0. The van der Waals surface area contributed by atoms with Crippen molar-refractivity contribution in [3.63, 3.8) is 0 Å². The first-order chi connectivity index (χ1) is 8.81. The highest BCUT2D eigenvalue weighted by Crippen LogP contribution is 2.09. The minimum absolute atomic E-state index is 0.216.